The molecule has 0 aromatic heterocycles. The Balaban J connectivity index is 1.33. The zero-order valence-electron chi connectivity index (χ0n) is 29.3. The standard InChI is InChI=1S/C38H48ClN5O6/c1-6-16-40(17-7-2)31-13-10-28(39)25-32(31)43-20-21-44(36(47)35(43)46)33(37(48)50-38(3,4)5)24-27-8-11-30(12-9-27)42-19-18-41(26-34(42)45)29-14-22-49-23-15-29/h6-13,25,29,33H,1-2,14-24,26H2,3-5H3/t33-/m0/s1. The van der Waals surface area contributed by atoms with Gasteiger partial charge in [0, 0.05) is 75.7 Å². The second kappa shape index (κ2) is 16.2. The third kappa shape index (κ3) is 8.75. The van der Waals surface area contributed by atoms with Crippen molar-refractivity contribution >= 4 is 52.4 Å². The lowest BCUT2D eigenvalue weighted by Gasteiger charge is -2.40. The number of halogens is 1. The van der Waals surface area contributed by atoms with Crippen LogP contribution in [0.15, 0.2) is 67.8 Å². The van der Waals surface area contributed by atoms with Gasteiger partial charge < -0.3 is 29.1 Å². The van der Waals surface area contributed by atoms with E-state index in [1.807, 2.05) is 35.2 Å². The van der Waals surface area contributed by atoms with E-state index in [0.29, 0.717) is 48.6 Å². The quantitative estimate of drug-likeness (QED) is 0.181. The highest BCUT2D eigenvalue weighted by Crippen LogP contribution is 2.34. The number of anilines is 3. The minimum atomic E-state index is -1.04. The van der Waals surface area contributed by atoms with E-state index in [0.717, 1.165) is 43.9 Å². The Labute approximate surface area is 300 Å². The molecule has 3 heterocycles. The Hall–Kier alpha value is -4.19. The molecule has 2 aromatic rings. The molecule has 3 aliphatic heterocycles. The van der Waals surface area contributed by atoms with Crippen LogP contribution in [0.2, 0.25) is 5.02 Å². The van der Waals surface area contributed by atoms with Gasteiger partial charge in [0.25, 0.3) is 0 Å². The van der Waals surface area contributed by atoms with Crippen LogP contribution >= 0.6 is 11.6 Å². The number of hydrogen-bond donors (Lipinski definition) is 0. The van der Waals surface area contributed by atoms with Crippen LogP contribution in [0.3, 0.4) is 0 Å². The van der Waals surface area contributed by atoms with Crippen molar-refractivity contribution in [3.8, 4) is 0 Å². The number of rotatable bonds is 12. The maximum Gasteiger partial charge on any atom is 0.329 e. The smallest absolute Gasteiger partial charge is 0.329 e. The summed E-state index contributed by atoms with van der Waals surface area (Å²) in [5, 5.41) is 0.418. The van der Waals surface area contributed by atoms with Gasteiger partial charge in [-0.15, -0.1) is 13.2 Å². The van der Waals surface area contributed by atoms with E-state index >= 15 is 0 Å². The number of amides is 3. The molecular formula is C38H48ClN5O6. The Kier molecular flexibility index (Phi) is 12.0. The molecule has 0 spiro atoms. The van der Waals surface area contributed by atoms with Gasteiger partial charge in [0.1, 0.15) is 11.6 Å². The third-order valence-electron chi connectivity index (χ3n) is 9.21. The van der Waals surface area contributed by atoms with Crippen molar-refractivity contribution in [3.63, 3.8) is 0 Å². The van der Waals surface area contributed by atoms with Crippen molar-refractivity contribution in [3.05, 3.63) is 78.4 Å². The molecule has 3 saturated heterocycles. The minimum absolute atomic E-state index is 0.0454. The lowest BCUT2D eigenvalue weighted by Crippen LogP contribution is -2.60. The normalized spacial score (nSPS) is 18.6. The van der Waals surface area contributed by atoms with Crippen LogP contribution in [0.4, 0.5) is 17.1 Å². The molecule has 1 atom stereocenters. The van der Waals surface area contributed by atoms with Crippen molar-refractivity contribution in [2.24, 2.45) is 0 Å². The fraction of sp³-hybridized carbons (Fsp3) is 0.474. The van der Waals surface area contributed by atoms with Gasteiger partial charge >= 0.3 is 17.8 Å². The summed E-state index contributed by atoms with van der Waals surface area (Å²) < 4.78 is 11.3. The van der Waals surface area contributed by atoms with Gasteiger partial charge in [-0.3, -0.25) is 19.3 Å². The molecule has 0 saturated carbocycles. The maximum atomic E-state index is 13.9. The number of benzene rings is 2. The van der Waals surface area contributed by atoms with E-state index in [1.165, 1.54) is 9.80 Å². The molecule has 3 aliphatic rings. The topological polar surface area (TPSA) is 103 Å². The van der Waals surface area contributed by atoms with Crippen LogP contribution in [-0.4, -0.2) is 110 Å². The molecule has 3 fully saturated rings. The predicted molar refractivity (Wildman–Crippen MR) is 196 cm³/mol. The molecule has 0 N–H and O–H groups in total. The maximum absolute atomic E-state index is 13.9. The highest BCUT2D eigenvalue weighted by Gasteiger charge is 2.42. The van der Waals surface area contributed by atoms with Crippen LogP contribution in [-0.2, 0) is 35.1 Å². The van der Waals surface area contributed by atoms with Crippen molar-refractivity contribution in [2.75, 3.05) is 73.7 Å². The first-order valence-electron chi connectivity index (χ1n) is 17.2. The number of carbonyl (C=O) groups is 4. The molecule has 268 valence electrons. The predicted octanol–water partition coefficient (Wildman–Crippen LogP) is 4.47. The summed E-state index contributed by atoms with van der Waals surface area (Å²) in [5.74, 6) is -2.12. The largest absolute Gasteiger partial charge is 0.458 e. The number of esters is 1. The van der Waals surface area contributed by atoms with E-state index in [9.17, 15) is 19.2 Å². The number of carbonyl (C=O) groups excluding carboxylic acids is 4. The Bertz CT molecular complexity index is 1570. The fourth-order valence-corrected chi connectivity index (χ4v) is 6.96. The molecule has 0 aliphatic carbocycles. The Morgan fingerprint density at radius 1 is 0.960 bits per heavy atom. The van der Waals surface area contributed by atoms with Gasteiger partial charge in [-0.1, -0.05) is 35.9 Å². The molecule has 0 bridgehead atoms. The van der Waals surface area contributed by atoms with Crippen molar-refractivity contribution in [2.45, 2.75) is 57.7 Å². The van der Waals surface area contributed by atoms with Crippen molar-refractivity contribution in [1.29, 1.82) is 0 Å². The van der Waals surface area contributed by atoms with Gasteiger partial charge in [0.2, 0.25) is 5.91 Å². The first-order valence-corrected chi connectivity index (χ1v) is 17.6. The molecule has 3 amide bonds. The summed E-state index contributed by atoms with van der Waals surface area (Å²) >= 11 is 6.38. The van der Waals surface area contributed by atoms with E-state index in [2.05, 4.69) is 18.1 Å². The van der Waals surface area contributed by atoms with Crippen LogP contribution in [0.1, 0.15) is 39.2 Å². The van der Waals surface area contributed by atoms with Gasteiger partial charge in [-0.25, -0.2) is 4.79 Å². The summed E-state index contributed by atoms with van der Waals surface area (Å²) in [4.78, 5) is 63.3. The molecule has 5 rings (SSSR count). The summed E-state index contributed by atoms with van der Waals surface area (Å²) in [6, 6.07) is 12.0. The number of hydrogen-bond acceptors (Lipinski definition) is 8. The highest BCUT2D eigenvalue weighted by molar-refractivity contribution is 6.41. The van der Waals surface area contributed by atoms with Gasteiger partial charge in [-0.2, -0.15) is 0 Å². The van der Waals surface area contributed by atoms with E-state index in [-0.39, 0.29) is 25.4 Å². The summed E-state index contributed by atoms with van der Waals surface area (Å²) in [5.41, 5.74) is 1.93. The fourth-order valence-electron chi connectivity index (χ4n) is 6.79. The zero-order chi connectivity index (χ0) is 36.0. The van der Waals surface area contributed by atoms with Crippen LogP contribution in [0.25, 0.3) is 0 Å². The summed E-state index contributed by atoms with van der Waals surface area (Å²) in [6.07, 6.45) is 5.51. The van der Waals surface area contributed by atoms with E-state index in [1.54, 1.807) is 50.0 Å². The lowest BCUT2D eigenvalue weighted by atomic mass is 10.0. The van der Waals surface area contributed by atoms with E-state index < -0.39 is 29.4 Å². The first-order chi connectivity index (χ1) is 23.9. The average molecular weight is 706 g/mol. The molecule has 50 heavy (non-hydrogen) atoms. The number of ether oxygens (including phenoxy) is 2. The Morgan fingerprint density at radius 3 is 2.24 bits per heavy atom. The van der Waals surface area contributed by atoms with Crippen LogP contribution in [0, 0.1) is 0 Å². The van der Waals surface area contributed by atoms with Crippen molar-refractivity contribution < 1.29 is 28.7 Å². The van der Waals surface area contributed by atoms with Gasteiger partial charge in [-0.05, 0) is 69.5 Å². The average Bonchev–Trinajstić information content (AvgIpc) is 3.08. The van der Waals surface area contributed by atoms with Gasteiger partial charge in [0.15, 0.2) is 0 Å². The summed E-state index contributed by atoms with van der Waals surface area (Å²) in [6.45, 7) is 17.4. The highest BCUT2D eigenvalue weighted by atomic mass is 35.5. The molecule has 2 aromatic carbocycles. The number of nitrogens with zero attached hydrogens (tertiary/aromatic N) is 5. The second-order valence-corrected chi connectivity index (χ2v) is 14.3. The molecule has 12 heteroatoms. The van der Waals surface area contributed by atoms with Crippen LogP contribution in [0.5, 0.6) is 0 Å². The lowest BCUT2D eigenvalue weighted by molar-refractivity contribution is -0.166. The molecular weight excluding hydrogens is 658 g/mol. The SMILES string of the molecule is C=CCN(CC=C)c1ccc(Cl)cc1N1CCN([C@@H](Cc2ccc(N3CCN(C4CCOCC4)CC3=O)cc2)C(=O)OC(C)(C)C)C(=O)C1=O. The van der Waals surface area contributed by atoms with E-state index in [4.69, 9.17) is 21.1 Å². The summed E-state index contributed by atoms with van der Waals surface area (Å²) in [7, 11) is 0. The second-order valence-electron chi connectivity index (χ2n) is 13.8. The Morgan fingerprint density at radius 2 is 1.62 bits per heavy atom. The minimum Gasteiger partial charge on any atom is -0.458 e. The zero-order valence-corrected chi connectivity index (χ0v) is 30.1. The third-order valence-corrected chi connectivity index (χ3v) is 9.45. The first kappa shape index (κ1) is 37.1. The van der Waals surface area contributed by atoms with Crippen LogP contribution < -0.4 is 14.7 Å². The molecule has 0 radical (unpaired) electrons. The molecule has 11 nitrogen and oxygen atoms in total. The van der Waals surface area contributed by atoms with Crippen molar-refractivity contribution in [1.82, 2.24) is 9.80 Å². The number of piperazine rings is 2. The monoisotopic (exact) mass is 705 g/mol. The molecule has 0 unspecified atom stereocenters. The van der Waals surface area contributed by atoms with Gasteiger partial charge in [0.05, 0.1) is 17.9 Å².